The summed E-state index contributed by atoms with van der Waals surface area (Å²) in [5, 5.41) is 10.4. The molecule has 1 heterocycles. The van der Waals surface area contributed by atoms with E-state index in [1.54, 1.807) is 11.8 Å². The smallest absolute Gasteiger partial charge is 0.315 e. The van der Waals surface area contributed by atoms with Gasteiger partial charge in [0.05, 0.1) is 6.54 Å². The standard InChI is InChI=1S/C6H12N4OS/c1-12-3-2-8-6-10-9-5(4-7)11-6/h2-4,7H2,1H3,(H,8,10). The van der Waals surface area contributed by atoms with E-state index in [1.165, 1.54) is 0 Å². The van der Waals surface area contributed by atoms with Crippen molar-refractivity contribution in [1.82, 2.24) is 10.2 Å². The van der Waals surface area contributed by atoms with Crippen molar-refractivity contribution in [3.05, 3.63) is 5.89 Å². The molecule has 0 spiro atoms. The molecule has 0 aromatic carbocycles. The molecule has 68 valence electrons. The molecular formula is C6H12N4OS. The Bertz CT molecular complexity index is 227. The summed E-state index contributed by atoms with van der Waals surface area (Å²) >= 11 is 1.76. The summed E-state index contributed by atoms with van der Waals surface area (Å²) in [7, 11) is 0. The molecule has 0 aliphatic heterocycles. The van der Waals surface area contributed by atoms with E-state index in [0.717, 1.165) is 12.3 Å². The minimum absolute atomic E-state index is 0.289. The SMILES string of the molecule is CSCCNc1nnc(CN)o1. The highest BCUT2D eigenvalue weighted by atomic mass is 32.2. The molecule has 6 heteroatoms. The third-order valence-electron chi connectivity index (χ3n) is 1.22. The zero-order chi connectivity index (χ0) is 8.81. The minimum atomic E-state index is 0.289. The van der Waals surface area contributed by atoms with Gasteiger partial charge in [0.1, 0.15) is 0 Å². The molecule has 0 atom stereocenters. The van der Waals surface area contributed by atoms with Crippen molar-refractivity contribution in [3.8, 4) is 0 Å². The molecule has 0 radical (unpaired) electrons. The van der Waals surface area contributed by atoms with Gasteiger partial charge in [0.15, 0.2) is 0 Å². The first-order valence-electron chi connectivity index (χ1n) is 3.62. The molecule has 12 heavy (non-hydrogen) atoms. The quantitative estimate of drug-likeness (QED) is 0.647. The molecule has 1 aromatic rings. The van der Waals surface area contributed by atoms with E-state index in [0.29, 0.717) is 11.9 Å². The van der Waals surface area contributed by atoms with Gasteiger partial charge < -0.3 is 15.5 Å². The zero-order valence-corrected chi connectivity index (χ0v) is 7.73. The highest BCUT2D eigenvalue weighted by molar-refractivity contribution is 7.98. The molecule has 0 aliphatic carbocycles. The van der Waals surface area contributed by atoms with Crippen LogP contribution in [0.3, 0.4) is 0 Å². The van der Waals surface area contributed by atoms with Crippen molar-refractivity contribution in [2.24, 2.45) is 5.73 Å². The average molecular weight is 188 g/mol. The van der Waals surface area contributed by atoms with Gasteiger partial charge in [0.2, 0.25) is 5.89 Å². The Hall–Kier alpha value is -0.750. The van der Waals surface area contributed by atoms with Crippen LogP contribution in [0.25, 0.3) is 0 Å². The van der Waals surface area contributed by atoms with Gasteiger partial charge in [-0.15, -0.1) is 5.10 Å². The van der Waals surface area contributed by atoms with Crippen molar-refractivity contribution < 1.29 is 4.42 Å². The Kier molecular flexibility index (Phi) is 3.89. The van der Waals surface area contributed by atoms with Crippen LogP contribution in [0.5, 0.6) is 0 Å². The van der Waals surface area contributed by atoms with Gasteiger partial charge in [-0.3, -0.25) is 0 Å². The molecule has 0 amide bonds. The van der Waals surface area contributed by atoms with Gasteiger partial charge in [0.25, 0.3) is 0 Å². The summed E-state index contributed by atoms with van der Waals surface area (Å²) < 4.78 is 5.11. The van der Waals surface area contributed by atoms with Gasteiger partial charge in [-0.25, -0.2) is 0 Å². The Balaban J connectivity index is 2.31. The van der Waals surface area contributed by atoms with E-state index in [9.17, 15) is 0 Å². The van der Waals surface area contributed by atoms with Crippen LogP contribution >= 0.6 is 11.8 Å². The molecule has 0 saturated carbocycles. The van der Waals surface area contributed by atoms with Crippen LogP contribution in [-0.4, -0.2) is 28.8 Å². The number of rotatable bonds is 5. The monoisotopic (exact) mass is 188 g/mol. The summed E-state index contributed by atoms with van der Waals surface area (Å²) in [6.07, 6.45) is 2.04. The van der Waals surface area contributed by atoms with Crippen molar-refractivity contribution in [2.45, 2.75) is 6.54 Å². The Morgan fingerprint density at radius 1 is 1.58 bits per heavy atom. The van der Waals surface area contributed by atoms with Gasteiger partial charge in [-0.2, -0.15) is 11.8 Å². The van der Waals surface area contributed by atoms with Crippen molar-refractivity contribution in [3.63, 3.8) is 0 Å². The highest BCUT2D eigenvalue weighted by Gasteiger charge is 2.01. The summed E-state index contributed by atoms with van der Waals surface area (Å²) in [6.45, 7) is 1.12. The summed E-state index contributed by atoms with van der Waals surface area (Å²) in [4.78, 5) is 0. The maximum Gasteiger partial charge on any atom is 0.315 e. The summed E-state index contributed by atoms with van der Waals surface area (Å²) in [6, 6.07) is 0.449. The topological polar surface area (TPSA) is 77.0 Å². The minimum Gasteiger partial charge on any atom is -0.407 e. The van der Waals surface area contributed by atoms with Crippen LogP contribution in [0, 0.1) is 0 Å². The molecule has 1 rings (SSSR count). The van der Waals surface area contributed by atoms with Crippen LogP contribution in [0.1, 0.15) is 5.89 Å². The average Bonchev–Trinajstić information content (AvgIpc) is 2.53. The first-order chi connectivity index (χ1) is 5.86. The Labute approximate surface area is 75.1 Å². The maximum absolute atomic E-state index is 5.29. The largest absolute Gasteiger partial charge is 0.407 e. The molecule has 0 saturated heterocycles. The molecule has 5 nitrogen and oxygen atoms in total. The number of thioether (sulfide) groups is 1. The molecule has 0 bridgehead atoms. The molecule has 0 fully saturated rings. The summed E-state index contributed by atoms with van der Waals surface area (Å²) in [5.41, 5.74) is 5.29. The lowest BCUT2D eigenvalue weighted by atomic mass is 10.7. The van der Waals surface area contributed by atoms with Gasteiger partial charge in [0, 0.05) is 12.3 Å². The lowest BCUT2D eigenvalue weighted by molar-refractivity contribution is 0.508. The second-order valence-corrected chi connectivity index (χ2v) is 3.11. The Morgan fingerprint density at radius 2 is 2.42 bits per heavy atom. The van der Waals surface area contributed by atoms with Crippen LogP contribution in [0.2, 0.25) is 0 Å². The van der Waals surface area contributed by atoms with Gasteiger partial charge in [-0.05, 0) is 6.26 Å². The molecule has 1 aromatic heterocycles. The van der Waals surface area contributed by atoms with Crippen LogP contribution in [-0.2, 0) is 6.54 Å². The van der Waals surface area contributed by atoms with E-state index in [1.807, 2.05) is 6.26 Å². The van der Waals surface area contributed by atoms with Crippen molar-refractivity contribution >= 4 is 17.8 Å². The van der Waals surface area contributed by atoms with E-state index in [2.05, 4.69) is 15.5 Å². The van der Waals surface area contributed by atoms with E-state index >= 15 is 0 Å². The lowest BCUT2D eigenvalue weighted by Gasteiger charge is -1.96. The molecule has 0 unspecified atom stereocenters. The van der Waals surface area contributed by atoms with Gasteiger partial charge in [-0.1, -0.05) is 5.10 Å². The van der Waals surface area contributed by atoms with Gasteiger partial charge >= 0.3 is 6.01 Å². The molecule has 0 aliphatic rings. The predicted octanol–water partition coefficient (Wildman–Crippen LogP) is 0.303. The third kappa shape index (κ3) is 2.71. The van der Waals surface area contributed by atoms with E-state index in [-0.39, 0.29) is 6.54 Å². The Morgan fingerprint density at radius 3 is 3.00 bits per heavy atom. The van der Waals surface area contributed by atoms with Crippen LogP contribution < -0.4 is 11.1 Å². The fourth-order valence-corrected chi connectivity index (χ4v) is 0.974. The second-order valence-electron chi connectivity index (χ2n) is 2.12. The number of hydrogen-bond donors (Lipinski definition) is 2. The summed E-state index contributed by atoms with van der Waals surface area (Å²) in [5.74, 6) is 1.47. The fraction of sp³-hybridized carbons (Fsp3) is 0.667. The number of nitrogens with one attached hydrogen (secondary N) is 1. The lowest BCUT2D eigenvalue weighted by Crippen LogP contribution is -2.03. The molecule has 3 N–H and O–H groups in total. The predicted molar refractivity (Wildman–Crippen MR) is 49.1 cm³/mol. The first-order valence-corrected chi connectivity index (χ1v) is 5.01. The van der Waals surface area contributed by atoms with Crippen LogP contribution in [0.15, 0.2) is 4.42 Å². The highest BCUT2D eigenvalue weighted by Crippen LogP contribution is 2.04. The fourth-order valence-electron chi connectivity index (χ4n) is 0.668. The second kappa shape index (κ2) is 5.00. The van der Waals surface area contributed by atoms with E-state index in [4.69, 9.17) is 10.2 Å². The number of nitrogens with two attached hydrogens (primary N) is 1. The van der Waals surface area contributed by atoms with Crippen LogP contribution in [0.4, 0.5) is 6.01 Å². The first kappa shape index (κ1) is 9.34. The zero-order valence-electron chi connectivity index (χ0n) is 6.91. The maximum atomic E-state index is 5.29. The van der Waals surface area contributed by atoms with Crippen molar-refractivity contribution in [2.75, 3.05) is 23.9 Å². The van der Waals surface area contributed by atoms with E-state index < -0.39 is 0 Å². The number of aromatic nitrogens is 2. The van der Waals surface area contributed by atoms with Crippen molar-refractivity contribution in [1.29, 1.82) is 0 Å². The third-order valence-corrected chi connectivity index (χ3v) is 1.84. The number of nitrogens with zero attached hydrogens (tertiary/aromatic N) is 2. The number of hydrogen-bond acceptors (Lipinski definition) is 6. The molecular weight excluding hydrogens is 176 g/mol. The normalized spacial score (nSPS) is 10.2. The number of anilines is 1.